The Bertz CT molecular complexity index is 1580. The number of H-pyrrole nitrogens is 1. The Morgan fingerprint density at radius 2 is 1.89 bits per heavy atom. The van der Waals surface area contributed by atoms with Crippen LogP contribution in [-0.2, 0) is 19.5 Å². The maximum atomic E-state index is 13.9. The van der Waals surface area contributed by atoms with Crippen LogP contribution in [0.1, 0.15) is 29.2 Å². The van der Waals surface area contributed by atoms with E-state index in [1.807, 2.05) is 35.8 Å². The third kappa shape index (κ3) is 4.83. The third-order valence-electron chi connectivity index (χ3n) is 6.87. The van der Waals surface area contributed by atoms with Gasteiger partial charge in [0.05, 0.1) is 25.1 Å². The Balaban J connectivity index is 1.68. The molecule has 198 valence electrons. The number of nitrogens with one attached hydrogen (secondary N) is 2. The molecule has 1 aliphatic rings. The maximum Gasteiger partial charge on any atom is 0.330 e. The van der Waals surface area contributed by atoms with Gasteiger partial charge in [-0.1, -0.05) is 17.7 Å². The molecule has 0 amide bonds. The molecule has 0 radical (unpaired) electrons. The van der Waals surface area contributed by atoms with E-state index in [1.165, 1.54) is 5.56 Å². The molecule has 0 fully saturated rings. The number of aryl methyl sites for hydroxylation is 4. The van der Waals surface area contributed by atoms with Gasteiger partial charge in [-0.05, 0) is 69.0 Å². The SMILES string of the molecule is CCOc1cc2c(cc1OC)-c1c/c(=N\c3c(C)cc(C)cc3C)n(CCNc3cc[nH]n3)c(=O)n1CC2. The lowest BCUT2D eigenvalue weighted by Crippen LogP contribution is -2.43. The molecule has 0 spiro atoms. The highest BCUT2D eigenvalue weighted by Crippen LogP contribution is 2.37. The monoisotopic (exact) mass is 514 g/mol. The van der Waals surface area contributed by atoms with Crippen LogP contribution < -0.4 is 26.0 Å². The zero-order chi connectivity index (χ0) is 26.8. The number of benzene rings is 2. The van der Waals surface area contributed by atoms with Gasteiger partial charge in [-0.25, -0.2) is 9.79 Å². The van der Waals surface area contributed by atoms with Crippen LogP contribution in [0.2, 0.25) is 0 Å². The van der Waals surface area contributed by atoms with Gasteiger partial charge in [0.15, 0.2) is 11.5 Å². The van der Waals surface area contributed by atoms with Crippen molar-refractivity contribution in [3.05, 3.63) is 80.8 Å². The van der Waals surface area contributed by atoms with Crippen LogP contribution in [0, 0.1) is 20.8 Å². The molecule has 1 aliphatic heterocycles. The average molecular weight is 515 g/mol. The van der Waals surface area contributed by atoms with Crippen molar-refractivity contribution in [3.63, 3.8) is 0 Å². The summed E-state index contributed by atoms with van der Waals surface area (Å²) in [4.78, 5) is 19.0. The molecule has 2 N–H and O–H groups in total. The lowest BCUT2D eigenvalue weighted by Gasteiger charge is -2.25. The highest BCUT2D eigenvalue weighted by atomic mass is 16.5. The Hall–Kier alpha value is -4.27. The topological polar surface area (TPSA) is 98.5 Å². The van der Waals surface area contributed by atoms with Crippen molar-refractivity contribution in [2.75, 3.05) is 25.6 Å². The number of methoxy groups -OCH3 is 1. The first-order valence-electron chi connectivity index (χ1n) is 12.9. The summed E-state index contributed by atoms with van der Waals surface area (Å²) in [7, 11) is 1.63. The highest BCUT2D eigenvalue weighted by Gasteiger charge is 2.22. The summed E-state index contributed by atoms with van der Waals surface area (Å²) in [6.45, 7) is 10.2. The largest absolute Gasteiger partial charge is 0.493 e. The lowest BCUT2D eigenvalue weighted by atomic mass is 9.97. The van der Waals surface area contributed by atoms with E-state index in [2.05, 4.69) is 48.4 Å². The minimum Gasteiger partial charge on any atom is -0.493 e. The Morgan fingerprint density at radius 3 is 2.58 bits per heavy atom. The van der Waals surface area contributed by atoms with Crippen molar-refractivity contribution in [2.45, 2.75) is 47.2 Å². The van der Waals surface area contributed by atoms with E-state index < -0.39 is 0 Å². The summed E-state index contributed by atoms with van der Waals surface area (Å²) in [6.07, 6.45) is 2.49. The molecular weight excluding hydrogens is 480 g/mol. The first kappa shape index (κ1) is 25.4. The fourth-order valence-electron chi connectivity index (χ4n) is 5.19. The molecule has 9 heteroatoms. The molecular formula is C29H34N6O3. The Morgan fingerprint density at radius 1 is 1.11 bits per heavy atom. The molecule has 0 unspecified atom stereocenters. The number of hydrogen-bond donors (Lipinski definition) is 2. The molecule has 9 nitrogen and oxygen atoms in total. The van der Waals surface area contributed by atoms with Crippen molar-refractivity contribution >= 4 is 11.5 Å². The number of fused-ring (bicyclic) bond motifs is 3. The minimum atomic E-state index is -0.0917. The van der Waals surface area contributed by atoms with Gasteiger partial charge in [-0.2, -0.15) is 5.10 Å². The van der Waals surface area contributed by atoms with Crippen LogP contribution in [-0.4, -0.2) is 39.6 Å². The summed E-state index contributed by atoms with van der Waals surface area (Å²) in [6, 6.07) is 12.1. The first-order valence-corrected chi connectivity index (χ1v) is 12.9. The van der Waals surface area contributed by atoms with Gasteiger partial charge >= 0.3 is 5.69 Å². The second-order valence-corrected chi connectivity index (χ2v) is 9.56. The molecule has 3 heterocycles. The lowest BCUT2D eigenvalue weighted by molar-refractivity contribution is 0.310. The quantitative estimate of drug-likeness (QED) is 0.366. The minimum absolute atomic E-state index is 0.0917. The van der Waals surface area contributed by atoms with E-state index in [9.17, 15) is 4.79 Å². The van der Waals surface area contributed by atoms with Gasteiger partial charge in [-0.3, -0.25) is 14.2 Å². The predicted molar refractivity (Wildman–Crippen MR) is 149 cm³/mol. The molecule has 0 aliphatic carbocycles. The Labute approximate surface area is 221 Å². The molecule has 5 rings (SSSR count). The van der Waals surface area contributed by atoms with Crippen LogP contribution in [0.25, 0.3) is 11.3 Å². The van der Waals surface area contributed by atoms with E-state index in [0.717, 1.165) is 51.6 Å². The third-order valence-corrected chi connectivity index (χ3v) is 6.87. The van der Waals surface area contributed by atoms with Gasteiger partial charge in [0.25, 0.3) is 0 Å². The van der Waals surface area contributed by atoms with Crippen LogP contribution in [0.4, 0.5) is 11.5 Å². The number of anilines is 1. The molecule has 4 aromatic rings. The highest BCUT2D eigenvalue weighted by molar-refractivity contribution is 5.70. The van der Waals surface area contributed by atoms with Crippen LogP contribution >= 0.6 is 0 Å². The summed E-state index contributed by atoms with van der Waals surface area (Å²) in [5, 5.41) is 10.2. The van der Waals surface area contributed by atoms with Crippen LogP contribution in [0.15, 0.2) is 52.4 Å². The second kappa shape index (κ2) is 10.6. The number of ether oxygens (including phenoxy) is 2. The maximum absolute atomic E-state index is 13.9. The van der Waals surface area contributed by atoms with E-state index in [-0.39, 0.29) is 5.69 Å². The number of nitrogens with zero attached hydrogens (tertiary/aromatic N) is 4. The molecule has 38 heavy (non-hydrogen) atoms. The van der Waals surface area contributed by atoms with Gasteiger partial charge in [-0.15, -0.1) is 0 Å². The molecule has 0 saturated carbocycles. The van der Waals surface area contributed by atoms with E-state index in [0.29, 0.717) is 37.5 Å². The van der Waals surface area contributed by atoms with E-state index in [4.69, 9.17) is 14.5 Å². The van der Waals surface area contributed by atoms with E-state index >= 15 is 0 Å². The fourth-order valence-corrected chi connectivity index (χ4v) is 5.19. The summed E-state index contributed by atoms with van der Waals surface area (Å²) >= 11 is 0. The summed E-state index contributed by atoms with van der Waals surface area (Å²) in [5.74, 6) is 2.10. The fraction of sp³-hybridized carbons (Fsp3) is 0.345. The smallest absolute Gasteiger partial charge is 0.330 e. The number of aromatic amines is 1. The molecule has 0 bridgehead atoms. The zero-order valence-electron chi connectivity index (χ0n) is 22.6. The van der Waals surface area contributed by atoms with Crippen LogP contribution in [0.3, 0.4) is 0 Å². The molecule has 0 atom stereocenters. The molecule has 2 aromatic carbocycles. The summed E-state index contributed by atoms with van der Waals surface area (Å²) < 4.78 is 15.0. The molecule has 2 aromatic heterocycles. The zero-order valence-corrected chi connectivity index (χ0v) is 22.6. The Kier molecular flexibility index (Phi) is 7.09. The van der Waals surface area contributed by atoms with Gasteiger partial charge < -0.3 is 14.8 Å². The predicted octanol–water partition coefficient (Wildman–Crippen LogP) is 4.27. The van der Waals surface area contributed by atoms with Gasteiger partial charge in [0.2, 0.25) is 0 Å². The normalized spacial score (nSPS) is 12.7. The van der Waals surface area contributed by atoms with Crippen molar-refractivity contribution in [1.29, 1.82) is 0 Å². The number of rotatable bonds is 8. The second-order valence-electron chi connectivity index (χ2n) is 9.56. The van der Waals surface area contributed by atoms with Crippen molar-refractivity contribution in [1.82, 2.24) is 19.3 Å². The number of aromatic nitrogens is 4. The first-order chi connectivity index (χ1) is 18.4. The van der Waals surface area contributed by atoms with Crippen molar-refractivity contribution < 1.29 is 9.47 Å². The van der Waals surface area contributed by atoms with Gasteiger partial charge in [0.1, 0.15) is 11.3 Å². The standard InChI is InChI=1S/C29H34N6O3/c1-6-38-25-15-21-8-11-34-23(22(21)16-24(25)37-5)17-27(32-28-19(3)13-18(2)14-20(28)4)35(29(34)36)12-10-30-26-7-9-31-33-26/h7,9,13-17H,6,8,10-12H2,1-5H3,(H2,30,31,33)/b32-27+. The average Bonchev–Trinajstić information content (AvgIpc) is 3.41. The molecule has 0 saturated heterocycles. The number of hydrogen-bond acceptors (Lipinski definition) is 6. The van der Waals surface area contributed by atoms with Crippen molar-refractivity contribution in [2.24, 2.45) is 4.99 Å². The summed E-state index contributed by atoms with van der Waals surface area (Å²) in [5.41, 5.74) is 7.66. The van der Waals surface area contributed by atoms with Crippen molar-refractivity contribution in [3.8, 4) is 22.8 Å². The van der Waals surface area contributed by atoms with E-state index in [1.54, 1.807) is 17.9 Å². The van der Waals surface area contributed by atoms with Crippen LogP contribution in [0.5, 0.6) is 11.5 Å². The van der Waals surface area contributed by atoms with Gasteiger partial charge in [0, 0.05) is 37.5 Å².